The van der Waals surface area contributed by atoms with Crippen LogP contribution < -0.4 is 10.1 Å². The molecule has 27 heavy (non-hydrogen) atoms. The first kappa shape index (κ1) is 17.3. The van der Waals surface area contributed by atoms with E-state index in [1.54, 1.807) is 13.4 Å². The van der Waals surface area contributed by atoms with E-state index in [1.807, 2.05) is 59.2 Å². The number of aromatic nitrogens is 2. The summed E-state index contributed by atoms with van der Waals surface area (Å²) in [5.41, 5.74) is 3.37. The normalized spacial score (nSPS) is 15.8. The van der Waals surface area contributed by atoms with E-state index in [1.165, 1.54) is 0 Å². The van der Waals surface area contributed by atoms with E-state index < -0.39 is 0 Å². The summed E-state index contributed by atoms with van der Waals surface area (Å²) >= 11 is 0. The van der Waals surface area contributed by atoms with Crippen LogP contribution >= 0.6 is 0 Å². The van der Waals surface area contributed by atoms with Crippen LogP contribution in [0.5, 0.6) is 5.75 Å². The van der Waals surface area contributed by atoms with Gasteiger partial charge in [-0.15, -0.1) is 0 Å². The lowest BCUT2D eigenvalue weighted by Crippen LogP contribution is -2.27. The Labute approximate surface area is 157 Å². The number of ether oxygens (including phenoxy) is 2. The van der Waals surface area contributed by atoms with E-state index in [0.717, 1.165) is 22.6 Å². The molecule has 2 aromatic carbocycles. The molecule has 0 unspecified atom stereocenters. The second-order valence-corrected chi connectivity index (χ2v) is 6.43. The van der Waals surface area contributed by atoms with Gasteiger partial charge in [0.05, 0.1) is 32.3 Å². The maximum atomic E-state index is 12.5. The molecule has 0 spiro atoms. The molecule has 0 fully saturated rings. The Bertz CT molecular complexity index is 920. The molecule has 2 heterocycles. The summed E-state index contributed by atoms with van der Waals surface area (Å²) in [5.74, 6) is 0.634. The van der Waals surface area contributed by atoms with Gasteiger partial charge in [0.25, 0.3) is 5.91 Å². The summed E-state index contributed by atoms with van der Waals surface area (Å²) < 4.78 is 13.2. The number of methoxy groups -OCH3 is 1. The van der Waals surface area contributed by atoms with Crippen LogP contribution in [0, 0.1) is 0 Å². The molecule has 0 saturated heterocycles. The third-order valence-electron chi connectivity index (χ3n) is 4.73. The van der Waals surface area contributed by atoms with Crippen molar-refractivity contribution in [3.05, 3.63) is 83.4 Å². The molecule has 1 aromatic heterocycles. The molecule has 1 atom stereocenters. The van der Waals surface area contributed by atoms with Gasteiger partial charge in [0.2, 0.25) is 0 Å². The maximum Gasteiger partial charge on any atom is 0.272 e. The minimum absolute atomic E-state index is 0.0714. The van der Waals surface area contributed by atoms with Gasteiger partial charge in [0.15, 0.2) is 5.69 Å². The largest absolute Gasteiger partial charge is 0.497 e. The van der Waals surface area contributed by atoms with Crippen LogP contribution in [0.1, 0.15) is 33.4 Å². The molecule has 0 saturated carbocycles. The Hall–Kier alpha value is -3.12. The van der Waals surface area contributed by atoms with Crippen molar-refractivity contribution in [1.29, 1.82) is 0 Å². The van der Waals surface area contributed by atoms with Crippen molar-refractivity contribution >= 4 is 5.91 Å². The van der Waals surface area contributed by atoms with Crippen LogP contribution in [0.2, 0.25) is 0 Å². The molecule has 4 rings (SSSR count). The summed E-state index contributed by atoms with van der Waals surface area (Å²) in [7, 11) is 1.65. The zero-order valence-corrected chi connectivity index (χ0v) is 15.1. The minimum atomic E-state index is -0.181. The summed E-state index contributed by atoms with van der Waals surface area (Å²) in [6, 6.07) is 17.7. The molecule has 6 nitrogen and oxygen atoms in total. The summed E-state index contributed by atoms with van der Waals surface area (Å²) in [6.45, 7) is 1.45. The molecule has 1 amide bonds. The summed E-state index contributed by atoms with van der Waals surface area (Å²) in [4.78, 5) is 16.8. The SMILES string of the molecule is COc1ccc([C@H]2Cn3cnc(C(=O)NCc4ccccc4)c3CO2)cc1. The molecule has 1 aliphatic heterocycles. The van der Waals surface area contributed by atoms with E-state index in [2.05, 4.69) is 10.3 Å². The van der Waals surface area contributed by atoms with Gasteiger partial charge >= 0.3 is 0 Å². The fourth-order valence-corrected chi connectivity index (χ4v) is 3.20. The lowest BCUT2D eigenvalue weighted by molar-refractivity contribution is 0.00255. The zero-order chi connectivity index (χ0) is 18.6. The fraction of sp³-hybridized carbons (Fsp3) is 0.238. The molecule has 0 bridgehead atoms. The molecule has 1 N–H and O–H groups in total. The average molecular weight is 363 g/mol. The third kappa shape index (κ3) is 3.71. The average Bonchev–Trinajstić information content (AvgIpc) is 3.16. The highest BCUT2D eigenvalue weighted by Crippen LogP contribution is 2.28. The lowest BCUT2D eigenvalue weighted by atomic mass is 10.1. The van der Waals surface area contributed by atoms with Crippen LogP contribution in [0.4, 0.5) is 0 Å². The second-order valence-electron chi connectivity index (χ2n) is 6.43. The van der Waals surface area contributed by atoms with E-state index >= 15 is 0 Å². The highest BCUT2D eigenvalue weighted by Gasteiger charge is 2.26. The Morgan fingerprint density at radius 3 is 2.74 bits per heavy atom. The van der Waals surface area contributed by atoms with E-state index in [0.29, 0.717) is 25.4 Å². The van der Waals surface area contributed by atoms with E-state index in [-0.39, 0.29) is 12.0 Å². The predicted octanol–water partition coefficient (Wildman–Crippen LogP) is 3.09. The molecular formula is C21H21N3O3. The van der Waals surface area contributed by atoms with Crippen molar-refractivity contribution in [3.63, 3.8) is 0 Å². The van der Waals surface area contributed by atoms with Gasteiger partial charge < -0.3 is 19.4 Å². The Morgan fingerprint density at radius 1 is 1.22 bits per heavy atom. The second kappa shape index (κ2) is 7.63. The maximum absolute atomic E-state index is 12.5. The van der Waals surface area contributed by atoms with Crippen LogP contribution in [0.25, 0.3) is 0 Å². The minimum Gasteiger partial charge on any atom is -0.497 e. The first-order valence-corrected chi connectivity index (χ1v) is 8.86. The van der Waals surface area contributed by atoms with Crippen LogP contribution in [0.3, 0.4) is 0 Å². The van der Waals surface area contributed by atoms with Gasteiger partial charge in [-0.3, -0.25) is 4.79 Å². The van der Waals surface area contributed by atoms with E-state index in [9.17, 15) is 4.79 Å². The number of amides is 1. The number of carbonyl (C=O) groups is 1. The number of fused-ring (bicyclic) bond motifs is 1. The molecule has 1 aliphatic rings. The quantitative estimate of drug-likeness (QED) is 0.757. The van der Waals surface area contributed by atoms with Gasteiger partial charge in [0.1, 0.15) is 11.9 Å². The van der Waals surface area contributed by atoms with Gasteiger partial charge in [-0.25, -0.2) is 4.98 Å². The Kier molecular flexibility index (Phi) is 4.89. The highest BCUT2D eigenvalue weighted by molar-refractivity contribution is 5.93. The van der Waals surface area contributed by atoms with Crippen LogP contribution in [-0.2, 0) is 24.4 Å². The van der Waals surface area contributed by atoms with Crippen molar-refractivity contribution in [3.8, 4) is 5.75 Å². The smallest absolute Gasteiger partial charge is 0.272 e. The molecule has 0 aliphatic carbocycles. The molecule has 3 aromatic rings. The topological polar surface area (TPSA) is 65.4 Å². The van der Waals surface area contributed by atoms with Gasteiger partial charge in [0, 0.05) is 6.54 Å². The van der Waals surface area contributed by atoms with Crippen LogP contribution in [-0.4, -0.2) is 22.6 Å². The number of hydrogen-bond acceptors (Lipinski definition) is 4. The first-order chi connectivity index (χ1) is 13.2. The fourth-order valence-electron chi connectivity index (χ4n) is 3.20. The van der Waals surface area contributed by atoms with Crippen molar-refractivity contribution in [2.75, 3.05) is 7.11 Å². The number of benzene rings is 2. The van der Waals surface area contributed by atoms with Gasteiger partial charge in [-0.05, 0) is 23.3 Å². The Balaban J connectivity index is 1.44. The van der Waals surface area contributed by atoms with E-state index in [4.69, 9.17) is 9.47 Å². The van der Waals surface area contributed by atoms with Gasteiger partial charge in [-0.2, -0.15) is 0 Å². The van der Waals surface area contributed by atoms with Crippen molar-refractivity contribution in [1.82, 2.24) is 14.9 Å². The summed E-state index contributed by atoms with van der Waals surface area (Å²) in [5, 5.41) is 2.92. The third-order valence-corrected chi connectivity index (χ3v) is 4.73. The number of nitrogens with one attached hydrogen (secondary N) is 1. The van der Waals surface area contributed by atoms with Crippen molar-refractivity contribution < 1.29 is 14.3 Å². The number of imidazole rings is 1. The number of nitrogens with zero attached hydrogens (tertiary/aromatic N) is 2. The number of rotatable bonds is 5. The van der Waals surface area contributed by atoms with Gasteiger partial charge in [-0.1, -0.05) is 42.5 Å². The summed E-state index contributed by atoms with van der Waals surface area (Å²) in [6.07, 6.45) is 1.64. The number of carbonyl (C=O) groups excluding carboxylic acids is 1. The predicted molar refractivity (Wildman–Crippen MR) is 100 cm³/mol. The number of hydrogen-bond donors (Lipinski definition) is 1. The standard InChI is InChI=1S/C21H21N3O3/c1-26-17-9-7-16(8-10-17)19-12-24-14-23-20(18(24)13-27-19)21(25)22-11-15-5-3-2-4-6-15/h2-10,14,19H,11-13H2,1H3,(H,22,25)/t19-/m1/s1. The monoisotopic (exact) mass is 363 g/mol. The van der Waals surface area contributed by atoms with Crippen molar-refractivity contribution in [2.45, 2.75) is 25.8 Å². The van der Waals surface area contributed by atoms with Crippen molar-refractivity contribution in [2.24, 2.45) is 0 Å². The zero-order valence-electron chi connectivity index (χ0n) is 15.1. The molecule has 0 radical (unpaired) electrons. The Morgan fingerprint density at radius 2 is 2.00 bits per heavy atom. The van der Waals surface area contributed by atoms with Crippen LogP contribution in [0.15, 0.2) is 60.9 Å². The molecule has 6 heteroatoms. The first-order valence-electron chi connectivity index (χ1n) is 8.86. The molecular weight excluding hydrogens is 342 g/mol. The molecule has 138 valence electrons. The highest BCUT2D eigenvalue weighted by atomic mass is 16.5. The lowest BCUT2D eigenvalue weighted by Gasteiger charge is -2.25.